The van der Waals surface area contributed by atoms with Crippen molar-refractivity contribution in [1.29, 1.82) is 0 Å². The first-order valence-corrected chi connectivity index (χ1v) is 7.35. The molecule has 1 aromatic carbocycles. The molecule has 0 amide bonds. The molecule has 0 aliphatic heterocycles. The van der Waals surface area contributed by atoms with E-state index in [9.17, 15) is 0 Å². The summed E-state index contributed by atoms with van der Waals surface area (Å²) in [6, 6.07) is 3.78. The van der Waals surface area contributed by atoms with Gasteiger partial charge in [-0.05, 0) is 12.1 Å². The molecule has 0 atom stereocenters. The largest absolute Gasteiger partial charge is 0.493 e. The van der Waals surface area contributed by atoms with Crippen LogP contribution in [0, 0.1) is 0 Å². The van der Waals surface area contributed by atoms with Crippen molar-refractivity contribution in [3.8, 4) is 17.2 Å². The molecule has 126 valence electrons. The molecule has 2 aromatic heterocycles. The molecule has 0 spiro atoms. The smallest absolute Gasteiger partial charge is 0.205 e. The third-order valence-electron chi connectivity index (χ3n) is 3.77. The van der Waals surface area contributed by atoms with Crippen molar-refractivity contribution in [2.75, 3.05) is 33.3 Å². The number of hydrogen-bond acceptors (Lipinski definition) is 7. The molecule has 7 heteroatoms. The molecule has 7 nitrogen and oxygen atoms in total. The fraction of sp³-hybridized carbons (Fsp3) is 0.294. The van der Waals surface area contributed by atoms with Crippen LogP contribution >= 0.6 is 0 Å². The molecule has 0 saturated carbocycles. The number of aromatic nitrogens is 2. The van der Waals surface area contributed by atoms with Gasteiger partial charge in [0.25, 0.3) is 0 Å². The Morgan fingerprint density at radius 1 is 1.08 bits per heavy atom. The minimum absolute atomic E-state index is 0.509. The number of rotatable bonds is 6. The minimum atomic E-state index is 0.509. The Bertz CT molecular complexity index is 833. The van der Waals surface area contributed by atoms with Gasteiger partial charge in [-0.2, -0.15) is 0 Å². The zero-order valence-electron chi connectivity index (χ0n) is 14.1. The van der Waals surface area contributed by atoms with Crippen LogP contribution < -0.4 is 19.1 Å². The fourth-order valence-electron chi connectivity index (χ4n) is 2.69. The van der Waals surface area contributed by atoms with Gasteiger partial charge in [0, 0.05) is 19.2 Å². The van der Waals surface area contributed by atoms with Crippen molar-refractivity contribution >= 4 is 16.7 Å². The second-order valence-corrected chi connectivity index (χ2v) is 5.23. The number of furan rings is 1. The Hall–Kier alpha value is -2.96. The lowest BCUT2D eigenvalue weighted by Gasteiger charge is -2.21. The summed E-state index contributed by atoms with van der Waals surface area (Å²) in [5.41, 5.74) is 1.72. The predicted molar refractivity (Wildman–Crippen MR) is 90.0 cm³/mol. The second-order valence-electron chi connectivity index (χ2n) is 5.23. The van der Waals surface area contributed by atoms with Crippen LogP contribution in [0.25, 0.3) is 10.9 Å². The maximum Gasteiger partial charge on any atom is 0.205 e. The molecule has 0 fully saturated rings. The Morgan fingerprint density at radius 2 is 1.88 bits per heavy atom. The first-order valence-electron chi connectivity index (χ1n) is 7.35. The maximum absolute atomic E-state index is 5.50. The van der Waals surface area contributed by atoms with Gasteiger partial charge in [-0.15, -0.1) is 0 Å². The molecule has 24 heavy (non-hydrogen) atoms. The SMILES string of the molecule is COc1cc2c(N(C)Cc3ccoc3)ncnc2c(OC)c1OC. The van der Waals surface area contributed by atoms with Crippen LogP contribution in [-0.2, 0) is 6.54 Å². The number of methoxy groups -OCH3 is 3. The molecule has 0 radical (unpaired) electrons. The third-order valence-corrected chi connectivity index (χ3v) is 3.77. The van der Waals surface area contributed by atoms with Gasteiger partial charge in [-0.3, -0.25) is 0 Å². The third kappa shape index (κ3) is 2.68. The Balaban J connectivity index is 2.15. The number of hydrogen-bond donors (Lipinski definition) is 0. The van der Waals surface area contributed by atoms with Gasteiger partial charge >= 0.3 is 0 Å². The number of nitrogens with zero attached hydrogens (tertiary/aromatic N) is 3. The van der Waals surface area contributed by atoms with Gasteiger partial charge in [-0.25, -0.2) is 9.97 Å². The highest BCUT2D eigenvalue weighted by Crippen LogP contribution is 2.44. The van der Waals surface area contributed by atoms with E-state index in [1.54, 1.807) is 33.9 Å². The average molecular weight is 329 g/mol. The lowest BCUT2D eigenvalue weighted by atomic mass is 10.1. The lowest BCUT2D eigenvalue weighted by Crippen LogP contribution is -2.18. The van der Waals surface area contributed by atoms with Crippen molar-refractivity contribution in [2.24, 2.45) is 0 Å². The number of ether oxygens (including phenoxy) is 3. The van der Waals surface area contributed by atoms with Gasteiger partial charge in [0.2, 0.25) is 5.75 Å². The fourth-order valence-corrected chi connectivity index (χ4v) is 2.69. The Labute approximate surface area is 139 Å². The highest BCUT2D eigenvalue weighted by molar-refractivity contribution is 5.96. The van der Waals surface area contributed by atoms with Crippen LogP contribution in [-0.4, -0.2) is 38.3 Å². The highest BCUT2D eigenvalue weighted by Gasteiger charge is 2.20. The van der Waals surface area contributed by atoms with Crippen LogP contribution in [0.5, 0.6) is 17.2 Å². The number of benzene rings is 1. The zero-order chi connectivity index (χ0) is 17.1. The highest BCUT2D eigenvalue weighted by atomic mass is 16.5. The standard InChI is InChI=1S/C17H19N3O4/c1-20(8-11-5-6-24-9-11)17-12-7-13(21-2)15(22-3)16(23-4)14(12)18-10-19-17/h5-7,9-10H,8H2,1-4H3. The second kappa shape index (κ2) is 6.66. The van der Waals surface area contributed by atoms with Crippen LogP contribution in [0.1, 0.15) is 5.56 Å². The van der Waals surface area contributed by atoms with Crippen molar-refractivity contribution in [2.45, 2.75) is 6.54 Å². The van der Waals surface area contributed by atoms with E-state index >= 15 is 0 Å². The zero-order valence-corrected chi connectivity index (χ0v) is 14.1. The van der Waals surface area contributed by atoms with E-state index in [0.717, 1.165) is 16.8 Å². The monoisotopic (exact) mass is 329 g/mol. The van der Waals surface area contributed by atoms with E-state index < -0.39 is 0 Å². The maximum atomic E-state index is 5.50. The summed E-state index contributed by atoms with van der Waals surface area (Å²) in [6.07, 6.45) is 4.88. The lowest BCUT2D eigenvalue weighted by molar-refractivity contribution is 0.327. The normalized spacial score (nSPS) is 10.7. The summed E-state index contributed by atoms with van der Waals surface area (Å²) < 4.78 is 21.5. The summed E-state index contributed by atoms with van der Waals surface area (Å²) in [5.74, 6) is 2.36. The van der Waals surface area contributed by atoms with E-state index in [2.05, 4.69) is 9.97 Å². The van der Waals surface area contributed by atoms with E-state index in [1.165, 1.54) is 6.33 Å². The van der Waals surface area contributed by atoms with E-state index in [4.69, 9.17) is 18.6 Å². The molecule has 0 saturated heterocycles. The van der Waals surface area contributed by atoms with E-state index in [-0.39, 0.29) is 0 Å². The first-order chi connectivity index (χ1) is 11.7. The molecule has 0 unspecified atom stereocenters. The molecular formula is C17H19N3O4. The average Bonchev–Trinajstić information content (AvgIpc) is 3.12. The Kier molecular flexibility index (Phi) is 4.41. The van der Waals surface area contributed by atoms with Crippen LogP contribution in [0.15, 0.2) is 35.4 Å². The molecule has 2 heterocycles. The molecule has 3 aromatic rings. The summed E-state index contributed by atoms with van der Waals surface area (Å²) >= 11 is 0. The first kappa shape index (κ1) is 15.9. The molecule has 0 aliphatic rings. The van der Waals surface area contributed by atoms with Crippen molar-refractivity contribution in [3.05, 3.63) is 36.5 Å². The van der Waals surface area contributed by atoms with Crippen LogP contribution in [0.2, 0.25) is 0 Å². The van der Waals surface area contributed by atoms with Gasteiger partial charge in [-0.1, -0.05) is 0 Å². The quantitative estimate of drug-likeness (QED) is 0.688. The molecule has 0 bridgehead atoms. The molecule has 3 rings (SSSR count). The van der Waals surface area contributed by atoms with Gasteiger partial charge < -0.3 is 23.5 Å². The van der Waals surface area contributed by atoms with Crippen LogP contribution in [0.4, 0.5) is 5.82 Å². The molecule has 0 aliphatic carbocycles. The summed E-state index contributed by atoms with van der Waals surface area (Å²) in [5, 5.41) is 0.818. The minimum Gasteiger partial charge on any atom is -0.493 e. The van der Waals surface area contributed by atoms with Gasteiger partial charge in [0.15, 0.2) is 11.5 Å². The molecular weight excluding hydrogens is 310 g/mol. The summed E-state index contributed by atoms with van der Waals surface area (Å²) in [6.45, 7) is 0.652. The van der Waals surface area contributed by atoms with Crippen LogP contribution in [0.3, 0.4) is 0 Å². The van der Waals surface area contributed by atoms with Crippen molar-refractivity contribution in [3.63, 3.8) is 0 Å². The van der Waals surface area contributed by atoms with Crippen molar-refractivity contribution < 1.29 is 18.6 Å². The summed E-state index contributed by atoms with van der Waals surface area (Å²) in [7, 11) is 6.69. The number of fused-ring (bicyclic) bond motifs is 1. The predicted octanol–water partition coefficient (Wildman–Crippen LogP) is 2.89. The molecule has 0 N–H and O–H groups in total. The van der Waals surface area contributed by atoms with Gasteiger partial charge in [0.1, 0.15) is 17.7 Å². The topological polar surface area (TPSA) is 69.9 Å². The van der Waals surface area contributed by atoms with Gasteiger partial charge in [0.05, 0.1) is 39.2 Å². The van der Waals surface area contributed by atoms with E-state index in [1.807, 2.05) is 24.1 Å². The van der Waals surface area contributed by atoms with E-state index in [0.29, 0.717) is 29.3 Å². The number of anilines is 1. The summed E-state index contributed by atoms with van der Waals surface area (Å²) in [4.78, 5) is 10.8. The Morgan fingerprint density at radius 3 is 2.50 bits per heavy atom. The van der Waals surface area contributed by atoms with Crippen molar-refractivity contribution in [1.82, 2.24) is 9.97 Å².